The number of hydrogen-bond donors (Lipinski definition) is 0. The Bertz CT molecular complexity index is 679. The maximum Gasteiger partial charge on any atom is 0.417 e. The summed E-state index contributed by atoms with van der Waals surface area (Å²) in [4.78, 5) is 25.7. The number of carbonyl (C=O) groups is 2. The van der Waals surface area contributed by atoms with Crippen LogP contribution in [-0.2, 0) is 16.0 Å². The number of aryl methyl sites for hydroxylation is 1. The monoisotopic (exact) mass is 295 g/mol. The fraction of sp³-hybridized carbons (Fsp3) is 0.222. The topological polar surface area (TPSA) is 46.6 Å². The summed E-state index contributed by atoms with van der Waals surface area (Å²) in [7, 11) is 0. The van der Waals surface area contributed by atoms with Gasteiger partial charge in [0.1, 0.15) is 12.6 Å². The Hall–Kier alpha value is -2.62. The van der Waals surface area contributed by atoms with E-state index in [1.807, 2.05) is 61.5 Å². The van der Waals surface area contributed by atoms with Gasteiger partial charge in [0.2, 0.25) is 5.91 Å². The second-order valence-electron chi connectivity index (χ2n) is 5.43. The van der Waals surface area contributed by atoms with Crippen LogP contribution in [0.2, 0.25) is 0 Å². The average Bonchev–Trinajstić information content (AvgIpc) is 2.92. The average molecular weight is 295 g/mol. The van der Waals surface area contributed by atoms with Crippen molar-refractivity contribution in [1.82, 2.24) is 4.90 Å². The summed E-state index contributed by atoms with van der Waals surface area (Å²) in [5.41, 5.74) is 2.94. The van der Waals surface area contributed by atoms with Gasteiger partial charge < -0.3 is 4.74 Å². The van der Waals surface area contributed by atoms with Crippen LogP contribution in [0.15, 0.2) is 54.6 Å². The zero-order chi connectivity index (χ0) is 15.5. The van der Waals surface area contributed by atoms with Crippen LogP contribution in [0.4, 0.5) is 4.79 Å². The molecule has 0 radical (unpaired) electrons. The molecular weight excluding hydrogens is 278 g/mol. The third-order valence-corrected chi connectivity index (χ3v) is 3.80. The standard InChI is InChI=1S/C18H17NO3/c1-13-7-9-14(10-8-13)11-17(20)19-16(12-22-18(19)21)15-5-3-2-4-6-15/h2-10,16H,11-12H2,1H3/t16-/m0/s1. The van der Waals surface area contributed by atoms with Gasteiger partial charge in [-0.2, -0.15) is 0 Å². The first kappa shape index (κ1) is 14.3. The van der Waals surface area contributed by atoms with Crippen molar-refractivity contribution in [1.29, 1.82) is 0 Å². The van der Waals surface area contributed by atoms with Gasteiger partial charge >= 0.3 is 6.09 Å². The maximum absolute atomic E-state index is 12.5. The van der Waals surface area contributed by atoms with Gasteiger partial charge in [0.15, 0.2) is 0 Å². The van der Waals surface area contributed by atoms with E-state index in [9.17, 15) is 9.59 Å². The number of ether oxygens (including phenoxy) is 1. The van der Waals surface area contributed by atoms with Crippen LogP contribution in [-0.4, -0.2) is 23.5 Å². The maximum atomic E-state index is 12.5. The van der Waals surface area contributed by atoms with Crippen molar-refractivity contribution in [3.8, 4) is 0 Å². The molecule has 1 aliphatic heterocycles. The van der Waals surface area contributed by atoms with E-state index >= 15 is 0 Å². The largest absolute Gasteiger partial charge is 0.446 e. The molecule has 0 saturated carbocycles. The second-order valence-corrected chi connectivity index (χ2v) is 5.43. The van der Waals surface area contributed by atoms with Crippen LogP contribution in [0.3, 0.4) is 0 Å². The van der Waals surface area contributed by atoms with E-state index in [0.29, 0.717) is 0 Å². The van der Waals surface area contributed by atoms with Gasteiger partial charge in [0.05, 0.1) is 6.42 Å². The SMILES string of the molecule is Cc1ccc(CC(=O)N2C(=O)OC[C@H]2c2ccccc2)cc1. The molecule has 1 saturated heterocycles. The predicted octanol–water partition coefficient (Wildman–Crippen LogP) is 3.26. The van der Waals surface area contributed by atoms with Crippen molar-refractivity contribution >= 4 is 12.0 Å². The van der Waals surface area contributed by atoms with Crippen molar-refractivity contribution in [2.75, 3.05) is 6.61 Å². The number of imide groups is 1. The van der Waals surface area contributed by atoms with Gasteiger partial charge in [-0.05, 0) is 18.1 Å². The van der Waals surface area contributed by atoms with Gasteiger partial charge in [-0.15, -0.1) is 0 Å². The Kier molecular flexibility index (Phi) is 3.92. The van der Waals surface area contributed by atoms with E-state index in [4.69, 9.17) is 4.74 Å². The van der Waals surface area contributed by atoms with Crippen molar-refractivity contribution in [3.63, 3.8) is 0 Å². The summed E-state index contributed by atoms with van der Waals surface area (Å²) in [6.07, 6.45) is -0.371. The molecule has 1 fully saturated rings. The summed E-state index contributed by atoms with van der Waals surface area (Å²) < 4.78 is 5.08. The lowest BCUT2D eigenvalue weighted by Gasteiger charge is -2.20. The molecule has 2 amide bonds. The first-order valence-corrected chi connectivity index (χ1v) is 7.24. The molecule has 0 N–H and O–H groups in total. The molecule has 0 spiro atoms. The molecule has 4 heteroatoms. The van der Waals surface area contributed by atoms with E-state index in [1.54, 1.807) is 0 Å². The molecule has 0 aromatic heterocycles. The fourth-order valence-corrected chi connectivity index (χ4v) is 2.58. The zero-order valence-corrected chi connectivity index (χ0v) is 12.4. The number of benzene rings is 2. The Morgan fingerprint density at radius 3 is 2.50 bits per heavy atom. The van der Waals surface area contributed by atoms with E-state index in [0.717, 1.165) is 16.7 Å². The molecule has 0 unspecified atom stereocenters. The first-order valence-electron chi connectivity index (χ1n) is 7.24. The molecule has 0 aliphatic carbocycles. The molecule has 2 aromatic carbocycles. The van der Waals surface area contributed by atoms with Crippen LogP contribution >= 0.6 is 0 Å². The van der Waals surface area contributed by atoms with Crippen LogP contribution in [0.25, 0.3) is 0 Å². The van der Waals surface area contributed by atoms with E-state index in [-0.39, 0.29) is 25.0 Å². The summed E-state index contributed by atoms with van der Waals surface area (Å²) in [5.74, 6) is -0.236. The lowest BCUT2D eigenvalue weighted by molar-refractivity contribution is -0.128. The molecule has 1 atom stereocenters. The quantitative estimate of drug-likeness (QED) is 0.873. The van der Waals surface area contributed by atoms with Gasteiger partial charge in [-0.25, -0.2) is 9.69 Å². The minimum Gasteiger partial charge on any atom is -0.446 e. The highest BCUT2D eigenvalue weighted by atomic mass is 16.6. The Labute approximate surface area is 129 Å². The summed E-state index contributed by atoms with van der Waals surface area (Å²) in [6.45, 7) is 2.21. The fourth-order valence-electron chi connectivity index (χ4n) is 2.58. The third-order valence-electron chi connectivity index (χ3n) is 3.80. The number of hydrogen-bond acceptors (Lipinski definition) is 3. The normalized spacial score (nSPS) is 17.4. The predicted molar refractivity (Wildman–Crippen MR) is 82.3 cm³/mol. The molecular formula is C18H17NO3. The van der Waals surface area contributed by atoms with Gasteiger partial charge in [-0.1, -0.05) is 60.2 Å². The molecule has 2 aromatic rings. The smallest absolute Gasteiger partial charge is 0.417 e. The van der Waals surface area contributed by atoms with Crippen LogP contribution < -0.4 is 0 Å². The van der Waals surface area contributed by atoms with Gasteiger partial charge in [0, 0.05) is 0 Å². The Morgan fingerprint density at radius 1 is 1.14 bits per heavy atom. The second kappa shape index (κ2) is 6.02. The molecule has 0 bridgehead atoms. The van der Waals surface area contributed by atoms with E-state index < -0.39 is 6.09 Å². The van der Waals surface area contributed by atoms with Crippen molar-refractivity contribution in [2.24, 2.45) is 0 Å². The molecule has 4 nitrogen and oxygen atoms in total. The Morgan fingerprint density at radius 2 is 1.82 bits per heavy atom. The summed E-state index contributed by atoms with van der Waals surface area (Å²) in [6, 6.07) is 16.9. The van der Waals surface area contributed by atoms with Crippen molar-refractivity contribution < 1.29 is 14.3 Å². The molecule has 112 valence electrons. The number of amides is 2. The van der Waals surface area contributed by atoms with E-state index in [1.165, 1.54) is 4.90 Å². The number of nitrogens with zero attached hydrogens (tertiary/aromatic N) is 1. The molecule has 22 heavy (non-hydrogen) atoms. The summed E-state index contributed by atoms with van der Waals surface area (Å²) >= 11 is 0. The summed E-state index contributed by atoms with van der Waals surface area (Å²) in [5, 5.41) is 0. The van der Waals surface area contributed by atoms with Gasteiger partial charge in [-0.3, -0.25) is 4.79 Å². The van der Waals surface area contributed by atoms with Crippen LogP contribution in [0, 0.1) is 6.92 Å². The lowest BCUT2D eigenvalue weighted by atomic mass is 10.1. The van der Waals surface area contributed by atoms with Crippen LogP contribution in [0.5, 0.6) is 0 Å². The first-order chi connectivity index (χ1) is 10.6. The van der Waals surface area contributed by atoms with Crippen molar-refractivity contribution in [3.05, 3.63) is 71.3 Å². The number of rotatable bonds is 3. The lowest BCUT2D eigenvalue weighted by Crippen LogP contribution is -2.35. The molecule has 1 heterocycles. The Balaban J connectivity index is 1.80. The minimum atomic E-state index is -0.564. The highest BCUT2D eigenvalue weighted by Crippen LogP contribution is 2.28. The zero-order valence-electron chi connectivity index (χ0n) is 12.4. The minimum absolute atomic E-state index is 0.193. The van der Waals surface area contributed by atoms with E-state index in [2.05, 4.69) is 0 Å². The van der Waals surface area contributed by atoms with Crippen molar-refractivity contribution in [2.45, 2.75) is 19.4 Å². The van der Waals surface area contributed by atoms with Gasteiger partial charge in [0.25, 0.3) is 0 Å². The number of cyclic esters (lactones) is 1. The molecule has 1 aliphatic rings. The third kappa shape index (κ3) is 2.86. The number of carbonyl (C=O) groups excluding carboxylic acids is 2. The molecule has 3 rings (SSSR count). The van der Waals surface area contributed by atoms with Crippen LogP contribution in [0.1, 0.15) is 22.7 Å². The highest BCUT2D eigenvalue weighted by Gasteiger charge is 2.38. The highest BCUT2D eigenvalue weighted by molar-refractivity contribution is 5.94.